The lowest BCUT2D eigenvalue weighted by Crippen LogP contribution is -2.44. The smallest absolute Gasteiger partial charge is 0.326 e. The van der Waals surface area contributed by atoms with Gasteiger partial charge in [0.25, 0.3) is 0 Å². The number of fused-ring (bicyclic) bond motifs is 2. The minimum atomic E-state index is -1.08. The Labute approximate surface area is 161 Å². The SMILES string of the molecule is O=C(Nc1cccc2ccccc12)N[C@H](Cc1c[nH]c2ccccc12)C(=O)O. The van der Waals surface area contributed by atoms with Crippen LogP contribution in [0.15, 0.2) is 72.9 Å². The van der Waals surface area contributed by atoms with Crippen molar-refractivity contribution in [3.05, 3.63) is 78.5 Å². The topological polar surface area (TPSA) is 94.2 Å². The van der Waals surface area contributed by atoms with Crippen LogP contribution in [0.4, 0.5) is 10.5 Å². The summed E-state index contributed by atoms with van der Waals surface area (Å²) in [4.78, 5) is 27.3. The largest absolute Gasteiger partial charge is 0.480 e. The molecule has 3 aromatic carbocycles. The lowest BCUT2D eigenvalue weighted by molar-refractivity contribution is -0.139. The van der Waals surface area contributed by atoms with Crippen molar-refractivity contribution < 1.29 is 14.7 Å². The van der Waals surface area contributed by atoms with E-state index in [9.17, 15) is 14.7 Å². The molecule has 4 rings (SSSR count). The number of rotatable bonds is 5. The van der Waals surface area contributed by atoms with Gasteiger partial charge >= 0.3 is 12.0 Å². The molecule has 6 heteroatoms. The van der Waals surface area contributed by atoms with Crippen molar-refractivity contribution in [2.24, 2.45) is 0 Å². The summed E-state index contributed by atoms with van der Waals surface area (Å²) in [5, 5.41) is 17.7. The van der Waals surface area contributed by atoms with Crippen molar-refractivity contribution in [3.63, 3.8) is 0 Å². The number of urea groups is 1. The van der Waals surface area contributed by atoms with E-state index < -0.39 is 18.0 Å². The highest BCUT2D eigenvalue weighted by molar-refractivity contribution is 6.02. The monoisotopic (exact) mass is 373 g/mol. The van der Waals surface area contributed by atoms with Crippen LogP contribution in [0.25, 0.3) is 21.7 Å². The number of anilines is 1. The molecule has 4 N–H and O–H groups in total. The third-order valence-electron chi connectivity index (χ3n) is 4.74. The van der Waals surface area contributed by atoms with Crippen molar-refractivity contribution in [2.45, 2.75) is 12.5 Å². The van der Waals surface area contributed by atoms with E-state index in [1.165, 1.54) is 0 Å². The molecule has 6 nitrogen and oxygen atoms in total. The summed E-state index contributed by atoms with van der Waals surface area (Å²) in [6.07, 6.45) is 1.97. The minimum absolute atomic E-state index is 0.183. The van der Waals surface area contributed by atoms with Crippen LogP contribution in [0.3, 0.4) is 0 Å². The summed E-state index contributed by atoms with van der Waals surface area (Å²) >= 11 is 0. The van der Waals surface area contributed by atoms with Crippen molar-refractivity contribution in [2.75, 3.05) is 5.32 Å². The van der Waals surface area contributed by atoms with E-state index in [4.69, 9.17) is 0 Å². The lowest BCUT2D eigenvalue weighted by atomic mass is 10.1. The van der Waals surface area contributed by atoms with Gasteiger partial charge in [-0.1, -0.05) is 54.6 Å². The number of hydrogen-bond acceptors (Lipinski definition) is 2. The Bertz CT molecular complexity index is 1160. The van der Waals surface area contributed by atoms with E-state index in [1.807, 2.05) is 60.7 Å². The van der Waals surface area contributed by atoms with E-state index in [2.05, 4.69) is 15.6 Å². The summed E-state index contributed by atoms with van der Waals surface area (Å²) in [5.74, 6) is -1.08. The highest BCUT2D eigenvalue weighted by Crippen LogP contribution is 2.23. The quantitative estimate of drug-likeness (QED) is 0.423. The Morgan fingerprint density at radius 1 is 0.929 bits per heavy atom. The van der Waals surface area contributed by atoms with Gasteiger partial charge in [-0.3, -0.25) is 0 Å². The summed E-state index contributed by atoms with van der Waals surface area (Å²) in [6.45, 7) is 0. The molecule has 0 spiro atoms. The molecule has 0 fully saturated rings. The van der Waals surface area contributed by atoms with Crippen LogP contribution in [0.5, 0.6) is 0 Å². The molecule has 0 saturated heterocycles. The first-order chi connectivity index (χ1) is 13.6. The molecule has 1 aromatic heterocycles. The number of carboxylic acid groups (broad SMARTS) is 1. The number of H-pyrrole nitrogens is 1. The van der Waals surface area contributed by atoms with Crippen LogP contribution >= 0.6 is 0 Å². The fourth-order valence-corrected chi connectivity index (χ4v) is 3.37. The van der Waals surface area contributed by atoms with Gasteiger partial charge in [-0.15, -0.1) is 0 Å². The fraction of sp³-hybridized carbons (Fsp3) is 0.0909. The van der Waals surface area contributed by atoms with Crippen molar-refractivity contribution in [1.82, 2.24) is 10.3 Å². The first kappa shape index (κ1) is 17.6. The van der Waals surface area contributed by atoms with Gasteiger partial charge < -0.3 is 20.7 Å². The Kier molecular flexibility index (Phi) is 4.68. The zero-order valence-corrected chi connectivity index (χ0v) is 15.0. The summed E-state index contributed by atoms with van der Waals surface area (Å²) in [7, 11) is 0. The molecular weight excluding hydrogens is 354 g/mol. The number of aromatic amines is 1. The molecule has 0 unspecified atom stereocenters. The number of carboxylic acids is 1. The Hall–Kier alpha value is -3.80. The van der Waals surface area contributed by atoms with Gasteiger partial charge in [-0.25, -0.2) is 9.59 Å². The van der Waals surface area contributed by atoms with E-state index in [1.54, 1.807) is 12.3 Å². The molecule has 4 aromatic rings. The van der Waals surface area contributed by atoms with Gasteiger partial charge in [-0.2, -0.15) is 0 Å². The Morgan fingerprint density at radius 3 is 2.46 bits per heavy atom. The predicted octanol–water partition coefficient (Wildman–Crippen LogP) is 4.14. The van der Waals surface area contributed by atoms with Crippen molar-refractivity contribution >= 4 is 39.4 Å². The summed E-state index contributed by atoms with van der Waals surface area (Å²) < 4.78 is 0. The maximum atomic E-state index is 12.5. The van der Waals surface area contributed by atoms with E-state index >= 15 is 0 Å². The molecule has 0 radical (unpaired) electrons. The lowest BCUT2D eigenvalue weighted by Gasteiger charge is -2.16. The fourth-order valence-electron chi connectivity index (χ4n) is 3.37. The van der Waals surface area contributed by atoms with Gasteiger partial charge in [0, 0.05) is 28.9 Å². The standard InChI is InChI=1S/C22H19N3O3/c26-21(27)20(12-15-13-23-18-10-4-3-9-17(15)18)25-22(28)24-19-11-5-7-14-6-1-2-8-16(14)19/h1-11,13,20,23H,12H2,(H,26,27)(H2,24,25,28)/t20-/m1/s1. The number of hydrogen-bond donors (Lipinski definition) is 4. The highest BCUT2D eigenvalue weighted by atomic mass is 16.4. The van der Waals surface area contributed by atoms with Gasteiger partial charge in [-0.05, 0) is 23.1 Å². The first-order valence-corrected chi connectivity index (χ1v) is 8.95. The minimum Gasteiger partial charge on any atom is -0.480 e. The molecule has 140 valence electrons. The number of nitrogens with one attached hydrogen (secondary N) is 3. The van der Waals surface area contributed by atoms with Crippen LogP contribution in [-0.4, -0.2) is 28.1 Å². The summed E-state index contributed by atoms with van der Waals surface area (Å²) in [6, 6.07) is 19.3. The molecule has 0 aliphatic carbocycles. The number of aromatic nitrogens is 1. The maximum absolute atomic E-state index is 12.5. The number of amides is 2. The van der Waals surface area contributed by atoms with E-state index in [0.29, 0.717) is 5.69 Å². The third-order valence-corrected chi connectivity index (χ3v) is 4.74. The Balaban J connectivity index is 1.51. The number of carbonyl (C=O) groups excluding carboxylic acids is 1. The maximum Gasteiger partial charge on any atom is 0.326 e. The predicted molar refractivity (Wildman–Crippen MR) is 110 cm³/mol. The summed E-state index contributed by atoms with van der Waals surface area (Å²) in [5.41, 5.74) is 2.40. The number of benzene rings is 3. The normalized spacial score (nSPS) is 12.0. The van der Waals surface area contributed by atoms with Crippen LogP contribution in [-0.2, 0) is 11.2 Å². The molecule has 0 bridgehead atoms. The third kappa shape index (κ3) is 3.53. The number of carbonyl (C=O) groups is 2. The average Bonchev–Trinajstić information content (AvgIpc) is 3.11. The first-order valence-electron chi connectivity index (χ1n) is 8.95. The van der Waals surface area contributed by atoms with Gasteiger partial charge in [0.1, 0.15) is 6.04 Å². The zero-order chi connectivity index (χ0) is 19.5. The van der Waals surface area contributed by atoms with Crippen molar-refractivity contribution in [1.29, 1.82) is 0 Å². The molecular formula is C22H19N3O3. The van der Waals surface area contributed by atoms with Gasteiger partial charge in [0.15, 0.2) is 0 Å². The van der Waals surface area contributed by atoms with Crippen LogP contribution in [0.1, 0.15) is 5.56 Å². The second-order valence-corrected chi connectivity index (χ2v) is 6.58. The molecule has 0 aliphatic heterocycles. The second kappa shape index (κ2) is 7.44. The van der Waals surface area contributed by atoms with Crippen LogP contribution < -0.4 is 10.6 Å². The molecule has 28 heavy (non-hydrogen) atoms. The van der Waals surface area contributed by atoms with Gasteiger partial charge in [0.05, 0.1) is 5.69 Å². The average molecular weight is 373 g/mol. The molecule has 1 heterocycles. The van der Waals surface area contributed by atoms with E-state index in [0.717, 1.165) is 27.2 Å². The molecule has 0 saturated carbocycles. The van der Waals surface area contributed by atoms with Gasteiger partial charge in [0.2, 0.25) is 0 Å². The highest BCUT2D eigenvalue weighted by Gasteiger charge is 2.22. The van der Waals surface area contributed by atoms with E-state index in [-0.39, 0.29) is 6.42 Å². The zero-order valence-electron chi connectivity index (χ0n) is 15.0. The molecule has 2 amide bonds. The second-order valence-electron chi connectivity index (χ2n) is 6.58. The Morgan fingerprint density at radius 2 is 1.64 bits per heavy atom. The number of para-hydroxylation sites is 1. The molecule has 1 atom stereocenters. The molecule has 0 aliphatic rings. The van der Waals surface area contributed by atoms with Crippen LogP contribution in [0.2, 0.25) is 0 Å². The number of aliphatic carboxylic acids is 1. The van der Waals surface area contributed by atoms with Crippen molar-refractivity contribution in [3.8, 4) is 0 Å². The van der Waals surface area contributed by atoms with Crippen LogP contribution in [0, 0.1) is 0 Å².